The molecule has 3 nitrogen and oxygen atoms in total. The Balaban J connectivity index is 1.99. The number of esters is 1. The predicted octanol–water partition coefficient (Wildman–Crippen LogP) is 3.55. The van der Waals surface area contributed by atoms with Gasteiger partial charge in [-0.1, -0.05) is 36.4 Å². The van der Waals surface area contributed by atoms with Crippen LogP contribution >= 0.6 is 0 Å². The highest BCUT2D eigenvalue weighted by Gasteiger charge is 2.09. The van der Waals surface area contributed by atoms with E-state index in [9.17, 15) is 14.0 Å². The fourth-order valence-corrected chi connectivity index (χ4v) is 2.16. The summed E-state index contributed by atoms with van der Waals surface area (Å²) in [5, 5.41) is 0. The van der Waals surface area contributed by atoms with Crippen molar-refractivity contribution in [2.75, 3.05) is 7.11 Å². The van der Waals surface area contributed by atoms with Gasteiger partial charge in [0.05, 0.1) is 7.11 Å². The molecule has 2 aromatic rings. The number of ketones is 1. The maximum Gasteiger partial charge on any atom is 0.305 e. The minimum absolute atomic E-state index is 0.208. The largest absolute Gasteiger partial charge is 0.469 e. The van der Waals surface area contributed by atoms with Gasteiger partial charge in [0.1, 0.15) is 5.82 Å². The molecule has 0 aliphatic carbocycles. The second-order valence-corrected chi connectivity index (χ2v) is 4.97. The first-order valence-corrected chi connectivity index (χ1v) is 7.06. The number of halogens is 1. The molecule has 0 fully saturated rings. The summed E-state index contributed by atoms with van der Waals surface area (Å²) in [5.74, 6) is -0.858. The normalized spacial score (nSPS) is 10.3. The van der Waals surface area contributed by atoms with Crippen molar-refractivity contribution in [3.8, 4) is 0 Å². The molecule has 0 unspecified atom stereocenters. The van der Waals surface area contributed by atoms with Crippen molar-refractivity contribution in [2.24, 2.45) is 0 Å². The van der Waals surface area contributed by atoms with E-state index in [0.717, 1.165) is 12.0 Å². The number of rotatable bonds is 6. The highest BCUT2D eigenvalue weighted by Crippen LogP contribution is 2.13. The van der Waals surface area contributed by atoms with Gasteiger partial charge in [-0.3, -0.25) is 9.59 Å². The van der Waals surface area contributed by atoms with Gasteiger partial charge < -0.3 is 4.74 Å². The molecular formula is C18H17FO3. The van der Waals surface area contributed by atoms with E-state index in [1.165, 1.54) is 25.3 Å². The molecule has 0 amide bonds. The first kappa shape index (κ1) is 15.9. The van der Waals surface area contributed by atoms with E-state index in [0.29, 0.717) is 24.0 Å². The molecule has 0 saturated heterocycles. The minimum atomic E-state index is -0.426. The van der Waals surface area contributed by atoms with Crippen molar-refractivity contribution in [1.29, 1.82) is 0 Å². The summed E-state index contributed by atoms with van der Waals surface area (Å²) in [6, 6.07) is 12.8. The minimum Gasteiger partial charge on any atom is -0.469 e. The molecule has 0 aliphatic rings. The van der Waals surface area contributed by atoms with E-state index in [1.807, 2.05) is 12.1 Å². The molecule has 0 aliphatic heterocycles. The smallest absolute Gasteiger partial charge is 0.305 e. The maximum atomic E-state index is 13.2. The lowest BCUT2D eigenvalue weighted by atomic mass is 10.0. The molecule has 0 N–H and O–H groups in total. The zero-order valence-electron chi connectivity index (χ0n) is 12.3. The quantitative estimate of drug-likeness (QED) is 0.605. The Hall–Kier alpha value is -2.49. The number of carbonyl (C=O) groups excluding carboxylic acids is 2. The summed E-state index contributed by atoms with van der Waals surface area (Å²) in [4.78, 5) is 23.3. The molecule has 2 aromatic carbocycles. The van der Waals surface area contributed by atoms with Crippen molar-refractivity contribution in [2.45, 2.75) is 19.3 Å². The molecule has 22 heavy (non-hydrogen) atoms. The monoisotopic (exact) mass is 300 g/mol. The maximum absolute atomic E-state index is 13.2. The van der Waals surface area contributed by atoms with Crippen LogP contribution in [0.25, 0.3) is 0 Å². The van der Waals surface area contributed by atoms with Crippen molar-refractivity contribution >= 4 is 11.8 Å². The van der Waals surface area contributed by atoms with Crippen LogP contribution in [0.15, 0.2) is 48.5 Å². The second kappa shape index (κ2) is 7.50. The third-order valence-electron chi connectivity index (χ3n) is 3.38. The van der Waals surface area contributed by atoms with Crippen LogP contribution in [0.2, 0.25) is 0 Å². The van der Waals surface area contributed by atoms with Crippen LogP contribution in [-0.2, 0) is 16.0 Å². The third kappa shape index (κ3) is 4.25. The number of ether oxygens (including phenoxy) is 1. The van der Waals surface area contributed by atoms with Crippen LogP contribution < -0.4 is 0 Å². The Kier molecular flexibility index (Phi) is 5.42. The molecule has 114 valence electrons. The predicted molar refractivity (Wildman–Crippen MR) is 81.2 cm³/mol. The van der Waals surface area contributed by atoms with Crippen LogP contribution in [0.1, 0.15) is 34.3 Å². The Morgan fingerprint density at radius 2 is 1.77 bits per heavy atom. The second-order valence-electron chi connectivity index (χ2n) is 4.97. The van der Waals surface area contributed by atoms with Crippen LogP contribution in [-0.4, -0.2) is 18.9 Å². The fraction of sp³-hybridized carbons (Fsp3) is 0.222. The lowest BCUT2D eigenvalue weighted by Crippen LogP contribution is -2.02. The third-order valence-corrected chi connectivity index (χ3v) is 3.38. The average Bonchev–Trinajstić information content (AvgIpc) is 2.54. The van der Waals surface area contributed by atoms with Crippen LogP contribution in [0.4, 0.5) is 4.39 Å². The number of carbonyl (C=O) groups is 2. The lowest BCUT2D eigenvalue weighted by Gasteiger charge is -2.04. The fourth-order valence-electron chi connectivity index (χ4n) is 2.16. The van der Waals surface area contributed by atoms with Crippen molar-refractivity contribution in [1.82, 2.24) is 0 Å². The Morgan fingerprint density at radius 1 is 1.05 bits per heavy atom. The zero-order chi connectivity index (χ0) is 15.9. The molecule has 0 bridgehead atoms. The Bertz CT molecular complexity index is 662. The van der Waals surface area contributed by atoms with Crippen molar-refractivity contribution in [3.63, 3.8) is 0 Å². The molecule has 0 heterocycles. The van der Waals surface area contributed by atoms with Gasteiger partial charge in [-0.05, 0) is 30.5 Å². The summed E-state index contributed by atoms with van der Waals surface area (Å²) in [6.07, 6.45) is 1.81. The zero-order valence-corrected chi connectivity index (χ0v) is 12.3. The van der Waals surface area contributed by atoms with Gasteiger partial charge in [0.15, 0.2) is 5.78 Å². The van der Waals surface area contributed by atoms with Gasteiger partial charge in [0.25, 0.3) is 0 Å². The van der Waals surface area contributed by atoms with Crippen molar-refractivity contribution in [3.05, 3.63) is 71.0 Å². The van der Waals surface area contributed by atoms with Crippen LogP contribution in [0, 0.1) is 5.82 Å². The molecule has 0 saturated carbocycles. The summed E-state index contributed by atoms with van der Waals surface area (Å²) in [7, 11) is 1.37. The van der Waals surface area contributed by atoms with E-state index < -0.39 is 5.82 Å². The van der Waals surface area contributed by atoms with Gasteiger partial charge in [-0.2, -0.15) is 0 Å². The summed E-state index contributed by atoms with van der Waals surface area (Å²) in [6.45, 7) is 0. The lowest BCUT2D eigenvalue weighted by molar-refractivity contribution is -0.140. The molecule has 0 aromatic heterocycles. The van der Waals surface area contributed by atoms with Gasteiger partial charge in [-0.25, -0.2) is 4.39 Å². The Labute approximate surface area is 128 Å². The highest BCUT2D eigenvalue weighted by molar-refractivity contribution is 6.08. The average molecular weight is 300 g/mol. The van der Waals surface area contributed by atoms with E-state index >= 15 is 0 Å². The van der Waals surface area contributed by atoms with Gasteiger partial charge in [0.2, 0.25) is 0 Å². The van der Waals surface area contributed by atoms with Crippen LogP contribution in [0.3, 0.4) is 0 Å². The first-order valence-electron chi connectivity index (χ1n) is 7.06. The van der Waals surface area contributed by atoms with Gasteiger partial charge >= 0.3 is 5.97 Å². The van der Waals surface area contributed by atoms with Gasteiger partial charge in [0, 0.05) is 17.5 Å². The number of hydrogen-bond acceptors (Lipinski definition) is 3. The summed E-state index contributed by atoms with van der Waals surface area (Å²) >= 11 is 0. The van der Waals surface area contributed by atoms with E-state index in [4.69, 9.17) is 0 Å². The highest BCUT2D eigenvalue weighted by atomic mass is 19.1. The number of aryl methyl sites for hydroxylation is 1. The van der Waals surface area contributed by atoms with E-state index in [-0.39, 0.29) is 11.8 Å². The Morgan fingerprint density at radius 3 is 2.41 bits per heavy atom. The molecule has 0 spiro atoms. The summed E-state index contributed by atoms with van der Waals surface area (Å²) in [5.41, 5.74) is 1.89. The first-order chi connectivity index (χ1) is 10.6. The molecular weight excluding hydrogens is 283 g/mol. The van der Waals surface area contributed by atoms with Gasteiger partial charge in [-0.15, -0.1) is 0 Å². The standard InChI is InChI=1S/C18H17FO3/c1-22-17(20)7-2-4-13-8-10-14(11-9-13)18(21)15-5-3-6-16(19)12-15/h3,5-6,8-12H,2,4,7H2,1H3. The number of benzene rings is 2. The number of hydrogen-bond donors (Lipinski definition) is 0. The van der Waals surface area contributed by atoms with E-state index in [1.54, 1.807) is 18.2 Å². The van der Waals surface area contributed by atoms with Crippen molar-refractivity contribution < 1.29 is 18.7 Å². The number of methoxy groups -OCH3 is 1. The summed E-state index contributed by atoms with van der Waals surface area (Å²) < 4.78 is 17.7. The topological polar surface area (TPSA) is 43.4 Å². The molecule has 0 radical (unpaired) electrons. The molecule has 0 atom stereocenters. The SMILES string of the molecule is COC(=O)CCCc1ccc(C(=O)c2cccc(F)c2)cc1. The molecule has 2 rings (SSSR count). The van der Waals surface area contributed by atoms with E-state index in [2.05, 4.69) is 4.74 Å². The molecule has 4 heteroatoms. The van der Waals surface area contributed by atoms with Crippen LogP contribution in [0.5, 0.6) is 0 Å².